The van der Waals surface area contributed by atoms with Gasteiger partial charge < -0.3 is 9.64 Å². The fourth-order valence-electron chi connectivity index (χ4n) is 3.29. The first kappa shape index (κ1) is 20.7. The van der Waals surface area contributed by atoms with Crippen LogP contribution in [-0.2, 0) is 10.0 Å². The van der Waals surface area contributed by atoms with Gasteiger partial charge in [0.2, 0.25) is 10.0 Å². The molecule has 0 bridgehead atoms. The lowest BCUT2D eigenvalue weighted by atomic mass is 10.1. The zero-order valence-corrected chi connectivity index (χ0v) is 16.8. The maximum atomic E-state index is 13.0. The molecule has 146 valence electrons. The molecule has 1 aromatic rings. The van der Waals surface area contributed by atoms with E-state index in [1.54, 1.807) is 11.0 Å². The molecule has 0 aliphatic carbocycles. The SMILES string of the molecule is CCC[C@H](C)NS(=O)(=O)c1ccc(OC)c(C(=O)N2CCCCCC2)c1. The van der Waals surface area contributed by atoms with Crippen molar-refractivity contribution in [2.24, 2.45) is 0 Å². The minimum Gasteiger partial charge on any atom is -0.496 e. The Balaban J connectivity index is 2.31. The van der Waals surface area contributed by atoms with Gasteiger partial charge in [-0.15, -0.1) is 0 Å². The first-order valence-corrected chi connectivity index (χ1v) is 10.9. The molecule has 7 heteroatoms. The molecule has 2 rings (SSSR count). The van der Waals surface area contributed by atoms with Gasteiger partial charge in [-0.1, -0.05) is 26.2 Å². The molecule has 1 N–H and O–H groups in total. The third kappa shape index (κ3) is 5.20. The molecule has 1 saturated heterocycles. The number of ether oxygens (including phenoxy) is 1. The van der Waals surface area contributed by atoms with Crippen molar-refractivity contribution in [2.75, 3.05) is 20.2 Å². The van der Waals surface area contributed by atoms with Crippen LogP contribution >= 0.6 is 0 Å². The summed E-state index contributed by atoms with van der Waals surface area (Å²) in [6.07, 6.45) is 5.84. The van der Waals surface area contributed by atoms with Crippen molar-refractivity contribution < 1.29 is 17.9 Å². The Bertz CT molecular complexity index is 710. The van der Waals surface area contributed by atoms with Crippen molar-refractivity contribution in [3.63, 3.8) is 0 Å². The number of nitrogens with zero attached hydrogens (tertiary/aromatic N) is 1. The molecular weight excluding hydrogens is 352 g/mol. The number of rotatable bonds is 7. The molecule has 1 fully saturated rings. The number of methoxy groups -OCH3 is 1. The van der Waals surface area contributed by atoms with Gasteiger partial charge in [0.1, 0.15) is 5.75 Å². The number of hydrogen-bond acceptors (Lipinski definition) is 4. The van der Waals surface area contributed by atoms with Crippen molar-refractivity contribution in [1.82, 2.24) is 9.62 Å². The van der Waals surface area contributed by atoms with Crippen molar-refractivity contribution in [2.45, 2.75) is 63.3 Å². The zero-order valence-electron chi connectivity index (χ0n) is 16.0. The van der Waals surface area contributed by atoms with Gasteiger partial charge in [0, 0.05) is 19.1 Å². The molecule has 1 aromatic carbocycles. The predicted molar refractivity (Wildman–Crippen MR) is 102 cm³/mol. The molecule has 1 aliphatic rings. The van der Waals surface area contributed by atoms with E-state index < -0.39 is 10.0 Å². The van der Waals surface area contributed by atoms with E-state index >= 15 is 0 Å². The Kier molecular flexibility index (Phi) is 7.46. The molecule has 1 heterocycles. The Morgan fingerprint density at radius 1 is 1.23 bits per heavy atom. The van der Waals surface area contributed by atoms with Gasteiger partial charge in [-0.2, -0.15) is 0 Å². The quantitative estimate of drug-likeness (QED) is 0.786. The first-order valence-electron chi connectivity index (χ1n) is 9.38. The van der Waals surface area contributed by atoms with Crippen LogP contribution in [0.2, 0.25) is 0 Å². The molecule has 0 unspecified atom stereocenters. The molecule has 6 nitrogen and oxygen atoms in total. The number of carbonyl (C=O) groups excluding carboxylic acids is 1. The van der Waals surface area contributed by atoms with Crippen LogP contribution in [0, 0.1) is 0 Å². The molecule has 0 radical (unpaired) electrons. The van der Waals surface area contributed by atoms with Crippen LogP contribution in [0.1, 0.15) is 62.7 Å². The predicted octanol–water partition coefficient (Wildman–Crippen LogP) is 3.18. The minimum absolute atomic E-state index is 0.0967. The fraction of sp³-hybridized carbons (Fsp3) is 0.632. The Hall–Kier alpha value is -1.60. The summed E-state index contributed by atoms with van der Waals surface area (Å²) in [5, 5.41) is 0. The number of nitrogens with one attached hydrogen (secondary N) is 1. The topological polar surface area (TPSA) is 75.7 Å². The van der Waals surface area contributed by atoms with Gasteiger partial charge in [-0.05, 0) is 44.4 Å². The van der Waals surface area contributed by atoms with Crippen LogP contribution in [0.5, 0.6) is 5.75 Å². The second kappa shape index (κ2) is 9.37. The number of hydrogen-bond donors (Lipinski definition) is 1. The highest BCUT2D eigenvalue weighted by Gasteiger charge is 2.24. The lowest BCUT2D eigenvalue weighted by Crippen LogP contribution is -2.34. The largest absolute Gasteiger partial charge is 0.496 e. The van der Waals surface area contributed by atoms with Crippen molar-refractivity contribution in [1.29, 1.82) is 0 Å². The molecule has 26 heavy (non-hydrogen) atoms. The third-order valence-corrected chi connectivity index (χ3v) is 6.27. The highest BCUT2D eigenvalue weighted by molar-refractivity contribution is 7.89. The van der Waals surface area contributed by atoms with Gasteiger partial charge in [0.05, 0.1) is 17.6 Å². The van der Waals surface area contributed by atoms with Crippen LogP contribution in [-0.4, -0.2) is 45.5 Å². The number of likely N-dealkylation sites (tertiary alicyclic amines) is 1. The normalized spacial score (nSPS) is 16.8. The number of amides is 1. The zero-order chi connectivity index (χ0) is 19.2. The average molecular weight is 383 g/mol. The van der Waals surface area contributed by atoms with Crippen LogP contribution < -0.4 is 9.46 Å². The second-order valence-electron chi connectivity index (χ2n) is 6.88. The number of benzene rings is 1. The Morgan fingerprint density at radius 2 is 1.88 bits per heavy atom. The molecule has 0 saturated carbocycles. The number of carbonyl (C=O) groups is 1. The Morgan fingerprint density at radius 3 is 2.46 bits per heavy atom. The summed E-state index contributed by atoms with van der Waals surface area (Å²) >= 11 is 0. The first-order chi connectivity index (χ1) is 12.4. The van der Waals surface area contributed by atoms with Crippen molar-refractivity contribution in [3.05, 3.63) is 23.8 Å². The van der Waals surface area contributed by atoms with Crippen LogP contribution in [0.4, 0.5) is 0 Å². The second-order valence-corrected chi connectivity index (χ2v) is 8.59. The molecule has 1 amide bonds. The van der Waals surface area contributed by atoms with Gasteiger partial charge in [0.15, 0.2) is 0 Å². The molecular formula is C19H30N2O4S. The van der Waals surface area contributed by atoms with E-state index in [2.05, 4.69) is 4.72 Å². The maximum absolute atomic E-state index is 13.0. The summed E-state index contributed by atoms with van der Waals surface area (Å²) in [5.74, 6) is 0.238. The van der Waals surface area contributed by atoms with E-state index in [1.165, 1.54) is 19.2 Å². The standard InChI is InChI=1S/C19H30N2O4S/c1-4-9-15(2)20-26(23,24)16-10-11-18(25-3)17(14-16)19(22)21-12-7-5-6-8-13-21/h10-11,14-15,20H,4-9,12-13H2,1-3H3/t15-/m0/s1. The fourth-order valence-corrected chi connectivity index (χ4v) is 4.59. The summed E-state index contributed by atoms with van der Waals surface area (Å²) in [5.41, 5.74) is 0.306. The van der Waals surface area contributed by atoms with E-state index in [-0.39, 0.29) is 16.8 Å². The van der Waals surface area contributed by atoms with Crippen LogP contribution in [0.25, 0.3) is 0 Å². The summed E-state index contributed by atoms with van der Waals surface area (Å²) < 4.78 is 33.3. The molecule has 1 atom stereocenters. The monoisotopic (exact) mass is 382 g/mol. The Labute approximate surface area is 157 Å². The summed E-state index contributed by atoms with van der Waals surface area (Å²) in [4.78, 5) is 14.9. The van der Waals surface area contributed by atoms with Gasteiger partial charge in [-0.25, -0.2) is 13.1 Å². The molecule has 0 aromatic heterocycles. The third-order valence-electron chi connectivity index (χ3n) is 4.68. The minimum atomic E-state index is -3.68. The van der Waals surface area contributed by atoms with Crippen molar-refractivity contribution in [3.8, 4) is 5.75 Å². The summed E-state index contributed by atoms with van der Waals surface area (Å²) in [6, 6.07) is 4.33. The lowest BCUT2D eigenvalue weighted by molar-refractivity contribution is 0.0758. The highest BCUT2D eigenvalue weighted by atomic mass is 32.2. The van der Waals surface area contributed by atoms with Crippen LogP contribution in [0.15, 0.2) is 23.1 Å². The summed E-state index contributed by atoms with van der Waals surface area (Å²) in [6.45, 7) is 5.25. The van der Waals surface area contributed by atoms with E-state index in [0.29, 0.717) is 24.4 Å². The van der Waals surface area contributed by atoms with Crippen molar-refractivity contribution >= 4 is 15.9 Å². The highest BCUT2D eigenvalue weighted by Crippen LogP contribution is 2.25. The van der Waals surface area contributed by atoms with E-state index in [4.69, 9.17) is 4.74 Å². The van der Waals surface area contributed by atoms with Gasteiger partial charge in [0.25, 0.3) is 5.91 Å². The van der Waals surface area contributed by atoms with E-state index in [1.807, 2.05) is 13.8 Å². The summed E-state index contributed by atoms with van der Waals surface area (Å²) in [7, 11) is -2.19. The molecule has 1 aliphatic heterocycles. The average Bonchev–Trinajstić information content (AvgIpc) is 2.89. The van der Waals surface area contributed by atoms with E-state index in [0.717, 1.165) is 38.5 Å². The van der Waals surface area contributed by atoms with Gasteiger partial charge >= 0.3 is 0 Å². The molecule has 0 spiro atoms. The maximum Gasteiger partial charge on any atom is 0.257 e. The number of sulfonamides is 1. The smallest absolute Gasteiger partial charge is 0.257 e. The van der Waals surface area contributed by atoms with E-state index in [9.17, 15) is 13.2 Å². The van der Waals surface area contributed by atoms with Gasteiger partial charge in [-0.3, -0.25) is 4.79 Å². The lowest BCUT2D eigenvalue weighted by Gasteiger charge is -2.22. The van der Waals surface area contributed by atoms with Crippen LogP contribution in [0.3, 0.4) is 0 Å².